The van der Waals surface area contributed by atoms with Crippen LogP contribution in [0, 0.1) is 11.7 Å². The van der Waals surface area contributed by atoms with Gasteiger partial charge in [-0.3, -0.25) is 0 Å². The molecule has 2 rings (SSSR count). The highest BCUT2D eigenvalue weighted by Gasteiger charge is 2.21. The molecule has 1 aliphatic rings. The Balaban J connectivity index is 1.93. The Morgan fingerprint density at radius 3 is 2.59 bits per heavy atom. The summed E-state index contributed by atoms with van der Waals surface area (Å²) in [6.45, 7) is 2.26. The summed E-state index contributed by atoms with van der Waals surface area (Å²) in [6.07, 6.45) is 6.31. The summed E-state index contributed by atoms with van der Waals surface area (Å²) in [4.78, 5) is 0.749. The lowest BCUT2D eigenvalue weighted by Gasteiger charge is -2.27. The van der Waals surface area contributed by atoms with Gasteiger partial charge in [0.1, 0.15) is 5.82 Å². The summed E-state index contributed by atoms with van der Waals surface area (Å²) < 4.78 is 13.6. The summed E-state index contributed by atoms with van der Waals surface area (Å²) in [7, 11) is 0. The average molecular weight is 253 g/mol. The fourth-order valence-corrected chi connectivity index (χ4v) is 3.64. The van der Waals surface area contributed by atoms with Crippen molar-refractivity contribution in [1.29, 1.82) is 0 Å². The van der Waals surface area contributed by atoms with Crippen LogP contribution in [0.4, 0.5) is 10.1 Å². The lowest BCUT2D eigenvalue weighted by Crippen LogP contribution is -2.15. The molecule has 94 valence electrons. The van der Waals surface area contributed by atoms with E-state index in [0.29, 0.717) is 10.9 Å². The number of benzene rings is 1. The molecule has 1 aliphatic carbocycles. The van der Waals surface area contributed by atoms with Crippen molar-refractivity contribution >= 4 is 17.4 Å². The topological polar surface area (TPSA) is 26.0 Å². The molecule has 1 saturated carbocycles. The number of hydrogen-bond donors (Lipinski definition) is 1. The van der Waals surface area contributed by atoms with E-state index in [2.05, 4.69) is 6.92 Å². The van der Waals surface area contributed by atoms with Crippen molar-refractivity contribution in [3.8, 4) is 0 Å². The van der Waals surface area contributed by atoms with Crippen molar-refractivity contribution in [1.82, 2.24) is 0 Å². The van der Waals surface area contributed by atoms with Gasteiger partial charge in [-0.15, -0.1) is 11.8 Å². The Bertz CT molecular complexity index is 372. The van der Waals surface area contributed by atoms with Gasteiger partial charge in [-0.05, 0) is 49.8 Å². The standard InChI is InChI=1S/C14H20FNS/c1-2-10-3-6-12(7-4-10)17-14-8-5-11(16)9-13(14)15/h5,8-10,12H,2-4,6-7,16H2,1H3. The summed E-state index contributed by atoms with van der Waals surface area (Å²) in [5.41, 5.74) is 6.05. The van der Waals surface area contributed by atoms with Crippen LogP contribution < -0.4 is 5.73 Å². The van der Waals surface area contributed by atoms with E-state index in [0.717, 1.165) is 10.8 Å². The van der Waals surface area contributed by atoms with Crippen LogP contribution in [0.2, 0.25) is 0 Å². The van der Waals surface area contributed by atoms with Crippen LogP contribution in [0.3, 0.4) is 0 Å². The molecule has 0 radical (unpaired) electrons. The number of anilines is 1. The molecule has 1 nitrogen and oxygen atoms in total. The first-order chi connectivity index (χ1) is 8.19. The van der Waals surface area contributed by atoms with E-state index in [9.17, 15) is 4.39 Å². The molecule has 0 saturated heterocycles. The Labute approximate surface area is 107 Å². The third-order valence-corrected chi connectivity index (χ3v) is 5.01. The highest BCUT2D eigenvalue weighted by molar-refractivity contribution is 8.00. The quantitative estimate of drug-likeness (QED) is 0.804. The predicted molar refractivity (Wildman–Crippen MR) is 72.7 cm³/mol. The fourth-order valence-electron chi connectivity index (χ4n) is 2.45. The van der Waals surface area contributed by atoms with E-state index in [1.807, 2.05) is 0 Å². The lowest BCUT2D eigenvalue weighted by molar-refractivity contribution is 0.356. The zero-order chi connectivity index (χ0) is 12.3. The van der Waals surface area contributed by atoms with Gasteiger partial charge in [0.25, 0.3) is 0 Å². The second-order valence-corrected chi connectivity index (χ2v) is 6.20. The van der Waals surface area contributed by atoms with Gasteiger partial charge in [0.15, 0.2) is 0 Å². The van der Waals surface area contributed by atoms with Crippen LogP contribution in [0.5, 0.6) is 0 Å². The molecular weight excluding hydrogens is 233 g/mol. The minimum atomic E-state index is -0.174. The average Bonchev–Trinajstić information content (AvgIpc) is 2.34. The Morgan fingerprint density at radius 1 is 1.29 bits per heavy atom. The van der Waals surface area contributed by atoms with Gasteiger partial charge in [0.05, 0.1) is 0 Å². The summed E-state index contributed by atoms with van der Waals surface area (Å²) >= 11 is 1.68. The summed E-state index contributed by atoms with van der Waals surface area (Å²) in [5.74, 6) is 0.718. The van der Waals surface area contributed by atoms with Gasteiger partial charge in [-0.25, -0.2) is 4.39 Å². The highest BCUT2D eigenvalue weighted by atomic mass is 32.2. The molecule has 0 heterocycles. The molecule has 0 aromatic heterocycles. The molecule has 0 aliphatic heterocycles. The first-order valence-electron chi connectivity index (χ1n) is 6.40. The van der Waals surface area contributed by atoms with E-state index < -0.39 is 0 Å². The number of thioether (sulfide) groups is 1. The van der Waals surface area contributed by atoms with Crippen LogP contribution in [0.1, 0.15) is 39.0 Å². The third kappa shape index (κ3) is 3.38. The molecule has 0 unspecified atom stereocenters. The van der Waals surface area contributed by atoms with Crippen LogP contribution >= 0.6 is 11.8 Å². The first-order valence-corrected chi connectivity index (χ1v) is 7.28. The predicted octanol–water partition coefficient (Wildman–Crippen LogP) is 4.47. The molecule has 0 spiro atoms. The zero-order valence-electron chi connectivity index (χ0n) is 10.3. The van der Waals surface area contributed by atoms with Gasteiger partial charge in [0.2, 0.25) is 0 Å². The molecule has 2 N–H and O–H groups in total. The van der Waals surface area contributed by atoms with Crippen molar-refractivity contribution in [2.45, 2.75) is 49.2 Å². The van der Waals surface area contributed by atoms with E-state index in [-0.39, 0.29) is 5.82 Å². The van der Waals surface area contributed by atoms with Crippen LogP contribution in [-0.4, -0.2) is 5.25 Å². The second kappa shape index (κ2) is 5.76. The number of nitrogen functional groups attached to an aromatic ring is 1. The first kappa shape index (κ1) is 12.7. The minimum absolute atomic E-state index is 0.174. The third-order valence-electron chi connectivity index (χ3n) is 3.62. The van der Waals surface area contributed by atoms with Gasteiger partial charge in [0, 0.05) is 15.8 Å². The molecule has 1 aromatic carbocycles. The molecule has 17 heavy (non-hydrogen) atoms. The minimum Gasteiger partial charge on any atom is -0.399 e. The monoisotopic (exact) mass is 253 g/mol. The highest BCUT2D eigenvalue weighted by Crippen LogP contribution is 2.37. The van der Waals surface area contributed by atoms with Gasteiger partial charge in [-0.1, -0.05) is 13.3 Å². The van der Waals surface area contributed by atoms with Crippen LogP contribution in [-0.2, 0) is 0 Å². The summed E-state index contributed by atoms with van der Waals surface area (Å²) in [5, 5.41) is 0.580. The zero-order valence-corrected chi connectivity index (χ0v) is 11.1. The van der Waals surface area contributed by atoms with Crippen molar-refractivity contribution in [3.05, 3.63) is 24.0 Å². The van der Waals surface area contributed by atoms with E-state index in [1.165, 1.54) is 38.2 Å². The summed E-state index contributed by atoms with van der Waals surface area (Å²) in [6, 6.07) is 5.00. The van der Waals surface area contributed by atoms with Crippen LogP contribution in [0.25, 0.3) is 0 Å². The van der Waals surface area contributed by atoms with E-state index in [4.69, 9.17) is 5.73 Å². The van der Waals surface area contributed by atoms with Crippen molar-refractivity contribution in [2.24, 2.45) is 5.92 Å². The molecule has 0 atom stereocenters. The Kier molecular flexibility index (Phi) is 4.32. The maximum absolute atomic E-state index is 13.6. The maximum Gasteiger partial charge on any atom is 0.138 e. The fraction of sp³-hybridized carbons (Fsp3) is 0.571. The number of halogens is 1. The van der Waals surface area contributed by atoms with Crippen molar-refractivity contribution < 1.29 is 4.39 Å². The number of rotatable bonds is 3. The molecular formula is C14H20FNS. The van der Waals surface area contributed by atoms with Gasteiger partial charge < -0.3 is 5.73 Å². The molecule has 0 amide bonds. The number of nitrogens with two attached hydrogens (primary N) is 1. The molecule has 1 fully saturated rings. The number of hydrogen-bond acceptors (Lipinski definition) is 2. The van der Waals surface area contributed by atoms with Crippen molar-refractivity contribution in [3.63, 3.8) is 0 Å². The van der Waals surface area contributed by atoms with E-state index >= 15 is 0 Å². The van der Waals surface area contributed by atoms with Crippen molar-refractivity contribution in [2.75, 3.05) is 5.73 Å². The van der Waals surface area contributed by atoms with E-state index in [1.54, 1.807) is 23.9 Å². The Morgan fingerprint density at radius 2 is 2.00 bits per heavy atom. The molecule has 1 aromatic rings. The smallest absolute Gasteiger partial charge is 0.138 e. The Hall–Kier alpha value is -0.700. The molecule has 3 heteroatoms. The largest absolute Gasteiger partial charge is 0.399 e. The van der Waals surface area contributed by atoms with Gasteiger partial charge >= 0.3 is 0 Å². The van der Waals surface area contributed by atoms with Crippen LogP contribution in [0.15, 0.2) is 23.1 Å². The maximum atomic E-state index is 13.6. The molecule has 0 bridgehead atoms. The van der Waals surface area contributed by atoms with Gasteiger partial charge in [-0.2, -0.15) is 0 Å². The lowest BCUT2D eigenvalue weighted by atomic mass is 9.87. The normalized spacial score (nSPS) is 24.8. The second-order valence-electron chi connectivity index (χ2n) is 4.86. The SMILES string of the molecule is CCC1CCC(Sc2ccc(N)cc2F)CC1.